The maximum Gasteiger partial charge on any atom is 0.0943 e. The minimum Gasteiger partial charge on any atom is -0.317 e. The predicted octanol–water partition coefficient (Wildman–Crippen LogP) is 3.65. The fourth-order valence-corrected chi connectivity index (χ4v) is 3.25. The first-order valence-corrected chi connectivity index (χ1v) is 7.47. The second-order valence-corrected chi connectivity index (χ2v) is 6.49. The van der Waals surface area contributed by atoms with Crippen molar-refractivity contribution in [3.8, 4) is 0 Å². The highest BCUT2D eigenvalue weighted by molar-refractivity contribution is 7.09. The summed E-state index contributed by atoms with van der Waals surface area (Å²) in [6.45, 7) is 9.03. The number of hydrogen-bond acceptors (Lipinski definition) is 3. The summed E-state index contributed by atoms with van der Waals surface area (Å²) in [7, 11) is 2.06. The molecule has 0 fully saturated rings. The number of aromatic nitrogens is 1. The van der Waals surface area contributed by atoms with Crippen molar-refractivity contribution >= 4 is 11.3 Å². The molecule has 2 nitrogen and oxygen atoms in total. The number of thiazole rings is 1. The molecule has 0 saturated carbocycles. The lowest BCUT2D eigenvalue weighted by molar-refractivity contribution is 0.360. The first kappa shape index (κ1) is 14.7. The van der Waals surface area contributed by atoms with Gasteiger partial charge in [0.15, 0.2) is 0 Å². The van der Waals surface area contributed by atoms with Crippen LogP contribution in [0.1, 0.15) is 44.3 Å². The Kier molecular flexibility index (Phi) is 6.14. The second-order valence-electron chi connectivity index (χ2n) is 5.54. The summed E-state index contributed by atoms with van der Waals surface area (Å²) in [5.41, 5.74) is 1.15. The average molecular weight is 254 g/mol. The Bertz CT molecular complexity index is 320. The molecule has 1 rings (SSSR count). The average Bonchev–Trinajstić information content (AvgIpc) is 2.61. The van der Waals surface area contributed by atoms with Gasteiger partial charge in [-0.25, -0.2) is 4.98 Å². The molecule has 0 amide bonds. The van der Waals surface area contributed by atoms with Crippen molar-refractivity contribution in [2.75, 3.05) is 7.05 Å². The SMILES string of the molecule is CNC(Cc1nc(C)cs1)CC(C)CC(C)C. The van der Waals surface area contributed by atoms with Crippen molar-refractivity contribution in [1.82, 2.24) is 10.3 Å². The molecule has 2 atom stereocenters. The van der Waals surface area contributed by atoms with Crippen LogP contribution in [0.25, 0.3) is 0 Å². The van der Waals surface area contributed by atoms with Crippen LogP contribution in [-0.4, -0.2) is 18.1 Å². The molecular formula is C14H26N2S. The van der Waals surface area contributed by atoms with Gasteiger partial charge in [0.25, 0.3) is 0 Å². The molecule has 0 aliphatic carbocycles. The molecule has 1 N–H and O–H groups in total. The van der Waals surface area contributed by atoms with E-state index in [-0.39, 0.29) is 0 Å². The van der Waals surface area contributed by atoms with Crippen molar-refractivity contribution in [2.24, 2.45) is 11.8 Å². The summed E-state index contributed by atoms with van der Waals surface area (Å²) >= 11 is 1.78. The smallest absolute Gasteiger partial charge is 0.0943 e. The van der Waals surface area contributed by atoms with Crippen LogP contribution in [0.5, 0.6) is 0 Å². The molecule has 0 bridgehead atoms. The van der Waals surface area contributed by atoms with Crippen LogP contribution in [0.2, 0.25) is 0 Å². The Labute approximate surface area is 110 Å². The molecule has 0 aromatic carbocycles. The van der Waals surface area contributed by atoms with E-state index in [1.807, 2.05) is 0 Å². The molecule has 0 aliphatic rings. The van der Waals surface area contributed by atoms with Gasteiger partial charge < -0.3 is 5.32 Å². The topological polar surface area (TPSA) is 24.9 Å². The van der Waals surface area contributed by atoms with Gasteiger partial charge in [0, 0.05) is 23.5 Å². The molecule has 0 spiro atoms. The normalized spacial score (nSPS) is 15.2. The van der Waals surface area contributed by atoms with Crippen molar-refractivity contribution in [3.05, 3.63) is 16.1 Å². The highest BCUT2D eigenvalue weighted by Crippen LogP contribution is 2.19. The highest BCUT2D eigenvalue weighted by Gasteiger charge is 2.14. The summed E-state index contributed by atoms with van der Waals surface area (Å²) in [6, 6.07) is 0.564. The summed E-state index contributed by atoms with van der Waals surface area (Å²) in [4.78, 5) is 4.55. The molecule has 3 heteroatoms. The van der Waals surface area contributed by atoms with Crippen molar-refractivity contribution in [1.29, 1.82) is 0 Å². The van der Waals surface area contributed by atoms with E-state index in [1.54, 1.807) is 11.3 Å². The molecule has 0 aliphatic heterocycles. The van der Waals surface area contributed by atoms with Gasteiger partial charge in [-0.3, -0.25) is 0 Å². The fourth-order valence-electron chi connectivity index (χ4n) is 2.40. The van der Waals surface area contributed by atoms with Gasteiger partial charge in [-0.05, 0) is 38.6 Å². The van der Waals surface area contributed by atoms with Crippen LogP contribution in [0, 0.1) is 18.8 Å². The molecule has 1 aromatic rings. The third-order valence-electron chi connectivity index (χ3n) is 3.06. The predicted molar refractivity (Wildman–Crippen MR) is 76.6 cm³/mol. The summed E-state index contributed by atoms with van der Waals surface area (Å²) in [5.74, 6) is 1.58. The van der Waals surface area contributed by atoms with Crippen LogP contribution >= 0.6 is 11.3 Å². The maximum atomic E-state index is 4.55. The van der Waals surface area contributed by atoms with E-state index in [1.165, 1.54) is 17.8 Å². The molecule has 0 radical (unpaired) electrons. The van der Waals surface area contributed by atoms with Crippen LogP contribution in [-0.2, 0) is 6.42 Å². The standard InChI is InChI=1S/C14H26N2S/c1-10(2)6-11(3)7-13(15-5)8-14-16-12(4)9-17-14/h9-11,13,15H,6-8H2,1-5H3. The third kappa shape index (κ3) is 5.64. The minimum absolute atomic E-state index is 0.564. The maximum absolute atomic E-state index is 4.55. The summed E-state index contributed by atoms with van der Waals surface area (Å²) in [6.07, 6.45) is 3.62. The van der Waals surface area contributed by atoms with E-state index >= 15 is 0 Å². The number of nitrogens with zero attached hydrogens (tertiary/aromatic N) is 1. The lowest BCUT2D eigenvalue weighted by Crippen LogP contribution is -2.29. The lowest BCUT2D eigenvalue weighted by Gasteiger charge is -2.21. The van der Waals surface area contributed by atoms with Gasteiger partial charge in [0.2, 0.25) is 0 Å². The van der Waals surface area contributed by atoms with E-state index < -0.39 is 0 Å². The lowest BCUT2D eigenvalue weighted by atomic mass is 9.92. The van der Waals surface area contributed by atoms with Crippen LogP contribution < -0.4 is 5.32 Å². The van der Waals surface area contributed by atoms with E-state index in [0.29, 0.717) is 6.04 Å². The van der Waals surface area contributed by atoms with Crippen molar-refractivity contribution in [3.63, 3.8) is 0 Å². The number of likely N-dealkylation sites (N-methyl/N-ethyl adjacent to an activating group) is 1. The Morgan fingerprint density at radius 3 is 2.47 bits per heavy atom. The van der Waals surface area contributed by atoms with E-state index in [2.05, 4.69) is 50.4 Å². The van der Waals surface area contributed by atoms with E-state index in [4.69, 9.17) is 0 Å². The Morgan fingerprint density at radius 1 is 1.29 bits per heavy atom. The molecular weight excluding hydrogens is 228 g/mol. The summed E-state index contributed by atoms with van der Waals surface area (Å²) in [5, 5.41) is 6.83. The molecule has 0 saturated heterocycles. The molecule has 2 unspecified atom stereocenters. The molecule has 17 heavy (non-hydrogen) atoms. The van der Waals surface area contributed by atoms with Gasteiger partial charge in [-0.1, -0.05) is 20.8 Å². The number of nitrogens with one attached hydrogen (secondary N) is 1. The largest absolute Gasteiger partial charge is 0.317 e. The first-order chi connectivity index (χ1) is 8.01. The number of hydrogen-bond donors (Lipinski definition) is 1. The number of rotatable bonds is 7. The van der Waals surface area contributed by atoms with Gasteiger partial charge in [0.05, 0.1) is 5.01 Å². The van der Waals surface area contributed by atoms with Crippen molar-refractivity contribution < 1.29 is 0 Å². The quantitative estimate of drug-likeness (QED) is 0.803. The molecule has 98 valence electrons. The molecule has 1 heterocycles. The third-order valence-corrected chi connectivity index (χ3v) is 4.05. The zero-order valence-electron chi connectivity index (χ0n) is 11.8. The van der Waals surface area contributed by atoms with Crippen molar-refractivity contribution in [2.45, 2.75) is 53.0 Å². The second kappa shape index (κ2) is 7.12. The zero-order chi connectivity index (χ0) is 12.8. The Morgan fingerprint density at radius 2 is 2.00 bits per heavy atom. The van der Waals surface area contributed by atoms with Crippen LogP contribution in [0.3, 0.4) is 0 Å². The molecule has 1 aromatic heterocycles. The van der Waals surface area contributed by atoms with Gasteiger partial charge in [-0.2, -0.15) is 0 Å². The van der Waals surface area contributed by atoms with Crippen LogP contribution in [0.4, 0.5) is 0 Å². The van der Waals surface area contributed by atoms with Gasteiger partial charge >= 0.3 is 0 Å². The van der Waals surface area contributed by atoms with Gasteiger partial charge in [-0.15, -0.1) is 11.3 Å². The zero-order valence-corrected chi connectivity index (χ0v) is 12.6. The van der Waals surface area contributed by atoms with E-state index in [0.717, 1.165) is 24.0 Å². The van der Waals surface area contributed by atoms with Gasteiger partial charge in [0.1, 0.15) is 0 Å². The fraction of sp³-hybridized carbons (Fsp3) is 0.786. The first-order valence-electron chi connectivity index (χ1n) is 6.59. The Balaban J connectivity index is 2.43. The van der Waals surface area contributed by atoms with Crippen LogP contribution in [0.15, 0.2) is 5.38 Å². The Hall–Kier alpha value is -0.410. The number of aryl methyl sites for hydroxylation is 1. The summed E-state index contributed by atoms with van der Waals surface area (Å²) < 4.78 is 0. The minimum atomic E-state index is 0.564. The van der Waals surface area contributed by atoms with E-state index in [9.17, 15) is 0 Å². The highest BCUT2D eigenvalue weighted by atomic mass is 32.1. The monoisotopic (exact) mass is 254 g/mol.